The van der Waals surface area contributed by atoms with E-state index < -0.39 is 18.1 Å². The minimum absolute atomic E-state index is 0.115. The number of nitrogens with zero attached hydrogens (tertiary/aromatic N) is 3. The van der Waals surface area contributed by atoms with Gasteiger partial charge in [0.1, 0.15) is 6.54 Å². The number of aliphatic carboxylic acids is 1. The van der Waals surface area contributed by atoms with Gasteiger partial charge in [0.25, 0.3) is 5.56 Å². The molecule has 2 bridgehead atoms. The molecule has 4 rings (SSSR count). The third-order valence-corrected chi connectivity index (χ3v) is 6.25. The first-order valence-electron chi connectivity index (χ1n) is 8.51. The zero-order valence-corrected chi connectivity index (χ0v) is 14.6. The van der Waals surface area contributed by atoms with Gasteiger partial charge in [0.2, 0.25) is 0 Å². The summed E-state index contributed by atoms with van der Waals surface area (Å²) in [6.45, 7) is 6.32. The number of rotatable bonds is 5. The fourth-order valence-electron chi connectivity index (χ4n) is 4.58. The van der Waals surface area contributed by atoms with Crippen molar-refractivity contribution < 1.29 is 15.1 Å². The summed E-state index contributed by atoms with van der Waals surface area (Å²) >= 11 is 0. The number of carboxylic acid groups (broad SMARTS) is 1. The maximum atomic E-state index is 12.4. The molecule has 0 aliphatic heterocycles. The molecular weight excluding hydrogens is 324 g/mol. The van der Waals surface area contributed by atoms with Gasteiger partial charge in [-0.25, -0.2) is 4.68 Å². The van der Waals surface area contributed by atoms with E-state index in [1.54, 1.807) is 0 Å². The molecule has 25 heavy (non-hydrogen) atoms. The van der Waals surface area contributed by atoms with Gasteiger partial charge in [-0.05, 0) is 36.0 Å². The molecule has 0 saturated heterocycles. The number of hydrogen-bond acceptors (Lipinski definition) is 6. The third-order valence-electron chi connectivity index (χ3n) is 6.25. The molecule has 1 aromatic rings. The molecule has 0 aromatic carbocycles. The monoisotopic (exact) mass is 348 g/mol. The number of oxime groups is 1. The molecule has 136 valence electrons. The topological polar surface area (TPSA) is 117 Å². The van der Waals surface area contributed by atoms with Gasteiger partial charge in [0, 0.05) is 6.04 Å². The molecule has 3 N–H and O–H groups in total. The van der Waals surface area contributed by atoms with Crippen molar-refractivity contribution in [3.05, 3.63) is 22.1 Å². The van der Waals surface area contributed by atoms with E-state index >= 15 is 0 Å². The summed E-state index contributed by atoms with van der Waals surface area (Å²) in [5, 5.41) is 28.0. The summed E-state index contributed by atoms with van der Waals surface area (Å²) in [5.74, 6) is 0.575. The van der Waals surface area contributed by atoms with Crippen LogP contribution in [0.5, 0.6) is 0 Å². The molecule has 0 spiro atoms. The number of fused-ring (bicyclic) bond motifs is 2. The van der Waals surface area contributed by atoms with Crippen molar-refractivity contribution in [3.8, 4) is 0 Å². The van der Waals surface area contributed by atoms with E-state index in [0.717, 1.165) is 17.3 Å². The highest BCUT2D eigenvalue weighted by Crippen LogP contribution is 2.61. The molecule has 3 aliphatic carbocycles. The largest absolute Gasteiger partial charge is 0.480 e. The summed E-state index contributed by atoms with van der Waals surface area (Å²) in [6.07, 6.45) is 4.72. The lowest BCUT2D eigenvalue weighted by molar-refractivity contribution is -0.138. The minimum atomic E-state index is -1.16. The van der Waals surface area contributed by atoms with Crippen molar-refractivity contribution in [1.82, 2.24) is 9.78 Å². The summed E-state index contributed by atoms with van der Waals surface area (Å²) in [5.41, 5.74) is 0.347. The highest BCUT2D eigenvalue weighted by molar-refractivity contribution is 5.86. The fourth-order valence-corrected chi connectivity index (χ4v) is 4.58. The molecule has 8 nitrogen and oxygen atoms in total. The van der Waals surface area contributed by atoms with E-state index in [0.29, 0.717) is 28.9 Å². The number of nitrogens with one attached hydrogen (secondary N) is 1. The molecule has 4 atom stereocenters. The van der Waals surface area contributed by atoms with Gasteiger partial charge in [0.15, 0.2) is 0 Å². The van der Waals surface area contributed by atoms with Crippen LogP contribution >= 0.6 is 0 Å². The summed E-state index contributed by atoms with van der Waals surface area (Å²) in [4.78, 5) is 23.2. The Morgan fingerprint density at radius 3 is 2.80 bits per heavy atom. The summed E-state index contributed by atoms with van der Waals surface area (Å²) < 4.78 is 0.843. The Labute approximate surface area is 145 Å². The lowest BCUT2D eigenvalue weighted by Gasteiger charge is -2.62. The van der Waals surface area contributed by atoms with Gasteiger partial charge < -0.3 is 15.6 Å². The Balaban J connectivity index is 1.87. The lowest BCUT2D eigenvalue weighted by atomic mass is 9.45. The van der Waals surface area contributed by atoms with E-state index in [9.17, 15) is 9.59 Å². The Kier molecular flexibility index (Phi) is 4.30. The molecule has 3 aliphatic rings. The maximum Gasteiger partial charge on any atom is 0.325 e. The fraction of sp³-hybridized carbons (Fsp3) is 0.647. The second kappa shape index (κ2) is 6.16. The normalized spacial score (nSPS) is 30.0. The number of anilines is 1. The first-order chi connectivity index (χ1) is 11.8. The SMILES string of the molecule is C[C@@H]1[C@H]2C[C@@H](C[C@H]1Nc1cnn(CC(=O)O)c(=O)c1/C=N/O)C2(C)C. The Morgan fingerprint density at radius 2 is 2.24 bits per heavy atom. The van der Waals surface area contributed by atoms with Gasteiger partial charge in [0.05, 0.1) is 23.7 Å². The molecular formula is C17H24N4O4. The second-order valence-corrected chi connectivity index (χ2v) is 7.78. The minimum Gasteiger partial charge on any atom is -0.480 e. The van der Waals surface area contributed by atoms with Crippen LogP contribution in [-0.4, -0.2) is 38.3 Å². The van der Waals surface area contributed by atoms with Crippen LogP contribution in [-0.2, 0) is 11.3 Å². The van der Waals surface area contributed by atoms with Gasteiger partial charge in [-0.3, -0.25) is 9.59 Å². The molecule has 3 fully saturated rings. The van der Waals surface area contributed by atoms with Crippen LogP contribution in [0.3, 0.4) is 0 Å². The highest BCUT2D eigenvalue weighted by Gasteiger charge is 2.56. The zero-order valence-electron chi connectivity index (χ0n) is 14.6. The van der Waals surface area contributed by atoms with Crippen molar-refractivity contribution in [2.45, 2.75) is 46.2 Å². The predicted octanol–water partition coefficient (Wildman–Crippen LogP) is 1.62. The lowest BCUT2D eigenvalue weighted by Crippen LogP contribution is -2.58. The van der Waals surface area contributed by atoms with E-state index in [4.69, 9.17) is 10.3 Å². The average Bonchev–Trinajstić information content (AvgIpc) is 2.54. The van der Waals surface area contributed by atoms with E-state index in [1.807, 2.05) is 0 Å². The van der Waals surface area contributed by atoms with Gasteiger partial charge >= 0.3 is 5.97 Å². The van der Waals surface area contributed by atoms with Crippen molar-refractivity contribution >= 4 is 17.9 Å². The third kappa shape index (κ3) is 2.89. The standard InChI is InChI=1S/C17H24N4O4/c1-9-12-4-10(17(12,2)3)5-13(9)20-14-7-18-21(8-15(22)23)16(24)11(14)6-19-25/h6-7,9-10,12-13,20,25H,4-5,8H2,1-3H3,(H,22,23)/b19-6+/t9-,10+,12-,13-/m1/s1. The molecule has 0 unspecified atom stereocenters. The van der Waals surface area contributed by atoms with Gasteiger partial charge in [-0.2, -0.15) is 5.10 Å². The van der Waals surface area contributed by atoms with Crippen molar-refractivity contribution in [2.75, 3.05) is 5.32 Å². The molecule has 1 aromatic heterocycles. The van der Waals surface area contributed by atoms with Crippen LogP contribution in [0, 0.1) is 23.2 Å². The molecule has 1 heterocycles. The number of aromatic nitrogens is 2. The van der Waals surface area contributed by atoms with Crippen molar-refractivity contribution in [2.24, 2.45) is 28.3 Å². The molecule has 0 radical (unpaired) electrons. The second-order valence-electron chi connectivity index (χ2n) is 7.78. The van der Waals surface area contributed by atoms with Crippen LogP contribution in [0.25, 0.3) is 0 Å². The summed E-state index contributed by atoms with van der Waals surface area (Å²) in [7, 11) is 0. The maximum absolute atomic E-state index is 12.4. The number of hydrogen-bond donors (Lipinski definition) is 3. The van der Waals surface area contributed by atoms with E-state index in [1.165, 1.54) is 12.6 Å². The number of carbonyl (C=O) groups is 1. The number of carboxylic acids is 1. The predicted molar refractivity (Wildman–Crippen MR) is 92.1 cm³/mol. The van der Waals surface area contributed by atoms with Crippen molar-refractivity contribution in [1.29, 1.82) is 0 Å². The Morgan fingerprint density at radius 1 is 1.52 bits per heavy atom. The van der Waals surface area contributed by atoms with Gasteiger partial charge in [-0.1, -0.05) is 25.9 Å². The first kappa shape index (κ1) is 17.4. The van der Waals surface area contributed by atoms with Crippen LogP contribution in [0.4, 0.5) is 5.69 Å². The average molecular weight is 348 g/mol. The molecule has 3 saturated carbocycles. The van der Waals surface area contributed by atoms with Crippen molar-refractivity contribution in [3.63, 3.8) is 0 Å². The molecule has 0 amide bonds. The van der Waals surface area contributed by atoms with E-state index in [-0.39, 0.29) is 11.6 Å². The first-order valence-corrected chi connectivity index (χ1v) is 8.51. The van der Waals surface area contributed by atoms with Crippen LogP contribution in [0.1, 0.15) is 39.2 Å². The van der Waals surface area contributed by atoms with Crippen LogP contribution in [0.15, 0.2) is 16.1 Å². The van der Waals surface area contributed by atoms with Crippen LogP contribution < -0.4 is 10.9 Å². The molecule has 8 heteroatoms. The smallest absolute Gasteiger partial charge is 0.325 e. The van der Waals surface area contributed by atoms with E-state index in [2.05, 4.69) is 36.3 Å². The summed E-state index contributed by atoms with van der Waals surface area (Å²) in [6, 6.07) is 0.208. The zero-order chi connectivity index (χ0) is 18.4. The van der Waals surface area contributed by atoms with Gasteiger partial charge in [-0.15, -0.1) is 0 Å². The van der Waals surface area contributed by atoms with Crippen LogP contribution in [0.2, 0.25) is 0 Å². The quantitative estimate of drug-likeness (QED) is 0.423. The Bertz CT molecular complexity index is 770. The Hall–Kier alpha value is -2.38. The highest BCUT2D eigenvalue weighted by atomic mass is 16.4.